The first kappa shape index (κ1) is 12.5. The number of amides is 1. The Morgan fingerprint density at radius 3 is 3.00 bits per heavy atom. The molecule has 2 aromatic carbocycles. The minimum absolute atomic E-state index is 0.145. The zero-order chi connectivity index (χ0) is 14.1. The number of benzene rings is 2. The molecule has 0 saturated carbocycles. The van der Waals surface area contributed by atoms with Crippen molar-refractivity contribution in [3.63, 3.8) is 0 Å². The number of nitrogen functional groups attached to an aromatic ring is 1. The summed E-state index contributed by atoms with van der Waals surface area (Å²) in [5, 5.41) is 2.91. The molecule has 0 saturated heterocycles. The predicted octanol–water partition coefficient (Wildman–Crippen LogP) is 2.76. The molecule has 1 aliphatic heterocycles. The maximum atomic E-state index is 12.3. The van der Waals surface area contributed by atoms with E-state index < -0.39 is 0 Å². The third-order valence-corrected chi connectivity index (χ3v) is 3.57. The molecule has 0 atom stereocenters. The molecule has 0 bridgehead atoms. The number of hydrogen-bond acceptors (Lipinski definition) is 3. The van der Waals surface area contributed by atoms with Crippen molar-refractivity contribution in [3.8, 4) is 5.75 Å². The molecule has 0 unspecified atom stereocenters. The lowest BCUT2D eigenvalue weighted by molar-refractivity contribution is 0.102. The highest BCUT2D eigenvalue weighted by Gasteiger charge is 2.14. The van der Waals surface area contributed by atoms with Gasteiger partial charge in [0.2, 0.25) is 0 Å². The van der Waals surface area contributed by atoms with Crippen LogP contribution >= 0.6 is 0 Å². The number of ether oxygens (including phenoxy) is 1. The lowest BCUT2D eigenvalue weighted by atomic mass is 10.1. The van der Waals surface area contributed by atoms with Gasteiger partial charge in [0.1, 0.15) is 5.75 Å². The molecule has 0 aliphatic carbocycles. The molecule has 0 radical (unpaired) electrons. The number of hydrogen-bond donors (Lipinski definition) is 2. The number of anilines is 2. The van der Waals surface area contributed by atoms with Crippen molar-refractivity contribution in [1.29, 1.82) is 0 Å². The molecule has 102 valence electrons. The van der Waals surface area contributed by atoms with Gasteiger partial charge in [-0.1, -0.05) is 6.07 Å². The van der Waals surface area contributed by atoms with Crippen LogP contribution in [0.5, 0.6) is 5.75 Å². The van der Waals surface area contributed by atoms with Crippen molar-refractivity contribution in [3.05, 3.63) is 53.1 Å². The second kappa shape index (κ2) is 4.89. The Labute approximate surface area is 117 Å². The summed E-state index contributed by atoms with van der Waals surface area (Å²) in [6, 6.07) is 11.1. The van der Waals surface area contributed by atoms with E-state index >= 15 is 0 Å². The molecule has 0 aromatic heterocycles. The molecule has 0 spiro atoms. The monoisotopic (exact) mass is 268 g/mol. The van der Waals surface area contributed by atoms with E-state index in [2.05, 4.69) is 5.32 Å². The largest absolute Gasteiger partial charge is 0.493 e. The van der Waals surface area contributed by atoms with E-state index in [0.29, 0.717) is 17.9 Å². The Bertz CT molecular complexity index is 680. The molecular weight excluding hydrogens is 252 g/mol. The SMILES string of the molecule is Cc1c(N)cccc1C(=O)Nc1ccc2c(c1)CCO2. The van der Waals surface area contributed by atoms with E-state index in [1.807, 2.05) is 25.1 Å². The molecule has 4 nitrogen and oxygen atoms in total. The van der Waals surface area contributed by atoms with Crippen LogP contribution in [0.3, 0.4) is 0 Å². The zero-order valence-corrected chi connectivity index (χ0v) is 11.3. The maximum absolute atomic E-state index is 12.3. The smallest absolute Gasteiger partial charge is 0.256 e. The molecule has 3 N–H and O–H groups in total. The first-order chi connectivity index (χ1) is 9.65. The average Bonchev–Trinajstić information content (AvgIpc) is 2.89. The van der Waals surface area contributed by atoms with Crippen molar-refractivity contribution in [1.82, 2.24) is 0 Å². The van der Waals surface area contributed by atoms with E-state index in [0.717, 1.165) is 29.0 Å². The number of carbonyl (C=O) groups is 1. The first-order valence-corrected chi connectivity index (χ1v) is 6.57. The summed E-state index contributed by atoms with van der Waals surface area (Å²) in [4.78, 5) is 12.3. The summed E-state index contributed by atoms with van der Waals surface area (Å²) in [5.41, 5.74) is 9.76. The highest BCUT2D eigenvalue weighted by atomic mass is 16.5. The third-order valence-electron chi connectivity index (χ3n) is 3.57. The first-order valence-electron chi connectivity index (χ1n) is 6.57. The lowest BCUT2D eigenvalue weighted by Gasteiger charge is -2.10. The predicted molar refractivity (Wildman–Crippen MR) is 79.2 cm³/mol. The number of nitrogens with two attached hydrogens (primary N) is 1. The summed E-state index contributed by atoms with van der Waals surface area (Å²) in [7, 11) is 0. The normalized spacial score (nSPS) is 12.7. The zero-order valence-electron chi connectivity index (χ0n) is 11.3. The van der Waals surface area contributed by atoms with Crippen LogP contribution in [0, 0.1) is 6.92 Å². The molecule has 2 aromatic rings. The van der Waals surface area contributed by atoms with Crippen LogP contribution in [0.1, 0.15) is 21.5 Å². The van der Waals surface area contributed by atoms with E-state index in [-0.39, 0.29) is 5.91 Å². The van der Waals surface area contributed by atoms with Gasteiger partial charge in [-0.2, -0.15) is 0 Å². The van der Waals surface area contributed by atoms with Crippen LogP contribution in [0.25, 0.3) is 0 Å². The van der Waals surface area contributed by atoms with Crippen LogP contribution in [-0.4, -0.2) is 12.5 Å². The van der Waals surface area contributed by atoms with Gasteiger partial charge in [0.25, 0.3) is 5.91 Å². The number of rotatable bonds is 2. The van der Waals surface area contributed by atoms with Gasteiger partial charge >= 0.3 is 0 Å². The van der Waals surface area contributed by atoms with Crippen molar-refractivity contribution in [2.75, 3.05) is 17.7 Å². The highest BCUT2D eigenvalue weighted by Crippen LogP contribution is 2.28. The highest BCUT2D eigenvalue weighted by molar-refractivity contribution is 6.06. The van der Waals surface area contributed by atoms with Gasteiger partial charge in [-0.05, 0) is 48.4 Å². The Morgan fingerprint density at radius 1 is 1.30 bits per heavy atom. The molecule has 3 rings (SSSR count). The van der Waals surface area contributed by atoms with E-state index in [1.165, 1.54) is 0 Å². The standard InChI is InChI=1S/C16H16N2O2/c1-10-13(3-2-4-14(10)17)16(19)18-12-5-6-15-11(9-12)7-8-20-15/h2-6,9H,7-8,17H2,1H3,(H,18,19). The Morgan fingerprint density at radius 2 is 2.15 bits per heavy atom. The summed E-state index contributed by atoms with van der Waals surface area (Å²) in [6.45, 7) is 2.56. The van der Waals surface area contributed by atoms with Gasteiger partial charge < -0.3 is 15.8 Å². The van der Waals surface area contributed by atoms with Crippen molar-refractivity contribution < 1.29 is 9.53 Å². The minimum Gasteiger partial charge on any atom is -0.493 e. The van der Waals surface area contributed by atoms with Gasteiger partial charge in [0, 0.05) is 23.4 Å². The molecule has 20 heavy (non-hydrogen) atoms. The van der Waals surface area contributed by atoms with Crippen molar-refractivity contribution >= 4 is 17.3 Å². The van der Waals surface area contributed by atoms with Gasteiger partial charge in [0.05, 0.1) is 6.61 Å². The summed E-state index contributed by atoms with van der Waals surface area (Å²) < 4.78 is 5.45. The van der Waals surface area contributed by atoms with Gasteiger partial charge in [-0.3, -0.25) is 4.79 Å². The summed E-state index contributed by atoms with van der Waals surface area (Å²) in [6.07, 6.45) is 0.885. The molecule has 4 heteroatoms. The van der Waals surface area contributed by atoms with Crippen LogP contribution in [0.15, 0.2) is 36.4 Å². The van der Waals surface area contributed by atoms with E-state index in [9.17, 15) is 4.79 Å². The topological polar surface area (TPSA) is 64.4 Å². The molecular formula is C16H16N2O2. The number of fused-ring (bicyclic) bond motifs is 1. The van der Waals surface area contributed by atoms with Gasteiger partial charge in [-0.15, -0.1) is 0 Å². The lowest BCUT2D eigenvalue weighted by Crippen LogP contribution is -2.14. The second-order valence-corrected chi connectivity index (χ2v) is 4.89. The van der Waals surface area contributed by atoms with Crippen molar-refractivity contribution in [2.45, 2.75) is 13.3 Å². The van der Waals surface area contributed by atoms with Crippen LogP contribution < -0.4 is 15.8 Å². The fraction of sp³-hybridized carbons (Fsp3) is 0.188. The van der Waals surface area contributed by atoms with Crippen LogP contribution in [0.4, 0.5) is 11.4 Å². The maximum Gasteiger partial charge on any atom is 0.256 e. The fourth-order valence-corrected chi connectivity index (χ4v) is 2.36. The van der Waals surface area contributed by atoms with E-state index in [4.69, 9.17) is 10.5 Å². The Hall–Kier alpha value is -2.49. The minimum atomic E-state index is -0.145. The van der Waals surface area contributed by atoms with Gasteiger partial charge in [0.15, 0.2) is 0 Å². The summed E-state index contributed by atoms with van der Waals surface area (Å²) >= 11 is 0. The quantitative estimate of drug-likeness (QED) is 0.823. The molecule has 1 heterocycles. The molecule has 1 amide bonds. The van der Waals surface area contributed by atoms with Gasteiger partial charge in [-0.25, -0.2) is 0 Å². The van der Waals surface area contributed by atoms with E-state index in [1.54, 1.807) is 18.2 Å². The average molecular weight is 268 g/mol. The van der Waals surface area contributed by atoms with Crippen molar-refractivity contribution in [2.24, 2.45) is 0 Å². The summed E-state index contributed by atoms with van der Waals surface area (Å²) in [5.74, 6) is 0.761. The number of nitrogens with one attached hydrogen (secondary N) is 1. The molecule has 0 fully saturated rings. The third kappa shape index (κ3) is 2.20. The number of carbonyl (C=O) groups excluding carboxylic acids is 1. The Balaban J connectivity index is 1.84. The second-order valence-electron chi connectivity index (χ2n) is 4.89. The van der Waals surface area contributed by atoms with Crippen LogP contribution in [-0.2, 0) is 6.42 Å². The molecule has 1 aliphatic rings. The van der Waals surface area contributed by atoms with Crippen LogP contribution in [0.2, 0.25) is 0 Å². The Kier molecular flexibility index (Phi) is 3.06. The fourth-order valence-electron chi connectivity index (χ4n) is 2.36.